The molecule has 1 aliphatic rings. The zero-order valence-electron chi connectivity index (χ0n) is 8.82. The molecule has 1 nitrogen and oxygen atoms in total. The molecule has 0 spiro atoms. The van der Waals surface area contributed by atoms with E-state index in [4.69, 9.17) is 17.3 Å². The predicted molar refractivity (Wildman–Crippen MR) is 60.6 cm³/mol. The lowest BCUT2D eigenvalue weighted by Crippen LogP contribution is -2.22. The third-order valence-corrected chi connectivity index (χ3v) is 3.50. The van der Waals surface area contributed by atoms with E-state index in [9.17, 15) is 4.39 Å². The Morgan fingerprint density at radius 3 is 2.73 bits per heavy atom. The van der Waals surface area contributed by atoms with Crippen molar-refractivity contribution in [1.29, 1.82) is 0 Å². The van der Waals surface area contributed by atoms with E-state index in [1.807, 2.05) is 0 Å². The van der Waals surface area contributed by atoms with Crippen LogP contribution in [0.5, 0.6) is 0 Å². The summed E-state index contributed by atoms with van der Waals surface area (Å²) < 4.78 is 13.7. The molecule has 0 unspecified atom stereocenters. The molecule has 0 bridgehead atoms. The van der Waals surface area contributed by atoms with Gasteiger partial charge in [-0.1, -0.05) is 17.7 Å². The Morgan fingerprint density at radius 2 is 2.13 bits per heavy atom. The van der Waals surface area contributed by atoms with Crippen LogP contribution in [0.25, 0.3) is 0 Å². The summed E-state index contributed by atoms with van der Waals surface area (Å²) in [6.45, 7) is 1.75. The second kappa shape index (κ2) is 3.76. The van der Waals surface area contributed by atoms with Crippen molar-refractivity contribution >= 4 is 11.6 Å². The SMILES string of the molecule is Cc1ccc(Cl)c(CCC2(N)CC2)c1F. The van der Waals surface area contributed by atoms with Crippen molar-refractivity contribution in [2.24, 2.45) is 5.73 Å². The molecule has 3 heteroatoms. The van der Waals surface area contributed by atoms with E-state index in [-0.39, 0.29) is 11.4 Å². The van der Waals surface area contributed by atoms with Crippen LogP contribution in [0.15, 0.2) is 12.1 Å². The Balaban J connectivity index is 2.16. The number of hydrogen-bond donors (Lipinski definition) is 1. The van der Waals surface area contributed by atoms with Gasteiger partial charge in [0.15, 0.2) is 0 Å². The summed E-state index contributed by atoms with van der Waals surface area (Å²) >= 11 is 5.97. The van der Waals surface area contributed by atoms with Crippen molar-refractivity contribution in [1.82, 2.24) is 0 Å². The Bertz CT molecular complexity index is 385. The molecule has 1 fully saturated rings. The fourth-order valence-electron chi connectivity index (χ4n) is 1.73. The van der Waals surface area contributed by atoms with E-state index in [1.165, 1.54) is 0 Å². The van der Waals surface area contributed by atoms with Gasteiger partial charge in [0.25, 0.3) is 0 Å². The average Bonchev–Trinajstić information content (AvgIpc) is 2.91. The molecule has 0 aromatic heterocycles. The van der Waals surface area contributed by atoms with Crippen LogP contribution in [-0.2, 0) is 6.42 Å². The minimum atomic E-state index is -0.174. The van der Waals surface area contributed by atoms with E-state index < -0.39 is 0 Å². The van der Waals surface area contributed by atoms with Gasteiger partial charge in [0.05, 0.1) is 0 Å². The number of halogens is 2. The Kier molecular flexibility index (Phi) is 2.73. The molecule has 2 rings (SSSR count). The highest BCUT2D eigenvalue weighted by Gasteiger charge is 2.37. The number of hydrogen-bond acceptors (Lipinski definition) is 1. The maximum atomic E-state index is 13.7. The number of benzene rings is 1. The van der Waals surface area contributed by atoms with Crippen molar-refractivity contribution in [3.05, 3.63) is 34.1 Å². The summed E-state index contributed by atoms with van der Waals surface area (Å²) in [5.74, 6) is -0.174. The molecule has 2 N–H and O–H groups in total. The number of aryl methyl sites for hydroxylation is 1. The van der Waals surface area contributed by atoms with E-state index in [2.05, 4.69) is 0 Å². The first-order chi connectivity index (χ1) is 7.02. The van der Waals surface area contributed by atoms with Gasteiger partial charge in [-0.15, -0.1) is 0 Å². The van der Waals surface area contributed by atoms with Crippen LogP contribution < -0.4 is 5.73 Å². The molecule has 0 aliphatic heterocycles. The van der Waals surface area contributed by atoms with Crippen LogP contribution in [0.2, 0.25) is 5.02 Å². The smallest absolute Gasteiger partial charge is 0.130 e. The van der Waals surface area contributed by atoms with Crippen molar-refractivity contribution in [2.45, 2.75) is 38.1 Å². The standard InChI is InChI=1S/C12H15ClFN/c1-8-2-3-10(13)9(11(8)14)4-5-12(15)6-7-12/h2-3H,4-7,15H2,1H3. The van der Waals surface area contributed by atoms with E-state index in [0.29, 0.717) is 22.6 Å². The zero-order valence-corrected chi connectivity index (χ0v) is 9.57. The highest BCUT2D eigenvalue weighted by molar-refractivity contribution is 6.31. The Morgan fingerprint density at radius 1 is 1.47 bits per heavy atom. The minimum Gasteiger partial charge on any atom is -0.325 e. The van der Waals surface area contributed by atoms with Crippen LogP contribution >= 0.6 is 11.6 Å². The lowest BCUT2D eigenvalue weighted by Gasteiger charge is -2.11. The molecule has 1 saturated carbocycles. The topological polar surface area (TPSA) is 26.0 Å². The molecular weight excluding hydrogens is 213 g/mol. The van der Waals surface area contributed by atoms with Gasteiger partial charge in [0.1, 0.15) is 5.82 Å². The highest BCUT2D eigenvalue weighted by atomic mass is 35.5. The maximum absolute atomic E-state index is 13.7. The van der Waals surface area contributed by atoms with Gasteiger partial charge >= 0.3 is 0 Å². The molecule has 0 atom stereocenters. The third-order valence-electron chi connectivity index (χ3n) is 3.14. The number of rotatable bonds is 3. The van der Waals surface area contributed by atoms with Crippen LogP contribution in [0.1, 0.15) is 30.4 Å². The molecule has 1 aromatic carbocycles. The molecule has 15 heavy (non-hydrogen) atoms. The summed E-state index contributed by atoms with van der Waals surface area (Å²) in [7, 11) is 0. The van der Waals surface area contributed by atoms with E-state index in [1.54, 1.807) is 19.1 Å². The summed E-state index contributed by atoms with van der Waals surface area (Å²) in [6.07, 6.45) is 3.58. The fourth-order valence-corrected chi connectivity index (χ4v) is 1.97. The summed E-state index contributed by atoms with van der Waals surface area (Å²) in [4.78, 5) is 0. The first kappa shape index (κ1) is 10.9. The average molecular weight is 228 g/mol. The van der Waals surface area contributed by atoms with Gasteiger partial charge in [0.2, 0.25) is 0 Å². The van der Waals surface area contributed by atoms with Gasteiger partial charge in [-0.05, 0) is 44.2 Å². The van der Waals surface area contributed by atoms with Crippen molar-refractivity contribution in [2.75, 3.05) is 0 Å². The second-order valence-corrected chi connectivity index (χ2v) is 4.93. The zero-order chi connectivity index (χ0) is 11.1. The monoisotopic (exact) mass is 227 g/mol. The fraction of sp³-hybridized carbons (Fsp3) is 0.500. The number of nitrogens with two attached hydrogens (primary N) is 1. The molecule has 0 heterocycles. The quantitative estimate of drug-likeness (QED) is 0.843. The predicted octanol–water partition coefficient (Wildman–Crippen LogP) is 3.21. The molecule has 1 aliphatic carbocycles. The lowest BCUT2D eigenvalue weighted by molar-refractivity contribution is 0.566. The van der Waals surface area contributed by atoms with Crippen LogP contribution in [-0.4, -0.2) is 5.54 Å². The molecule has 0 radical (unpaired) electrons. The van der Waals surface area contributed by atoms with Gasteiger partial charge in [0, 0.05) is 16.1 Å². The van der Waals surface area contributed by atoms with Crippen LogP contribution in [0, 0.1) is 12.7 Å². The Labute approximate surface area is 94.4 Å². The third kappa shape index (κ3) is 2.32. The van der Waals surface area contributed by atoms with Gasteiger partial charge in [-0.3, -0.25) is 0 Å². The van der Waals surface area contributed by atoms with Crippen LogP contribution in [0.4, 0.5) is 4.39 Å². The first-order valence-electron chi connectivity index (χ1n) is 5.24. The van der Waals surface area contributed by atoms with Gasteiger partial charge < -0.3 is 5.73 Å². The van der Waals surface area contributed by atoms with E-state index >= 15 is 0 Å². The summed E-state index contributed by atoms with van der Waals surface area (Å²) in [6, 6.07) is 3.46. The first-order valence-corrected chi connectivity index (χ1v) is 5.62. The van der Waals surface area contributed by atoms with Gasteiger partial charge in [-0.2, -0.15) is 0 Å². The normalized spacial score (nSPS) is 17.9. The maximum Gasteiger partial charge on any atom is 0.130 e. The molecule has 1 aromatic rings. The molecule has 0 saturated heterocycles. The van der Waals surface area contributed by atoms with E-state index in [0.717, 1.165) is 19.3 Å². The van der Waals surface area contributed by atoms with Crippen molar-refractivity contribution < 1.29 is 4.39 Å². The van der Waals surface area contributed by atoms with Crippen molar-refractivity contribution in [3.63, 3.8) is 0 Å². The second-order valence-electron chi connectivity index (χ2n) is 4.52. The van der Waals surface area contributed by atoms with Crippen LogP contribution in [0.3, 0.4) is 0 Å². The summed E-state index contributed by atoms with van der Waals surface area (Å²) in [5.41, 5.74) is 7.19. The Hall–Kier alpha value is -0.600. The lowest BCUT2D eigenvalue weighted by atomic mass is 10.0. The molecule has 82 valence electrons. The molecule has 0 amide bonds. The highest BCUT2D eigenvalue weighted by Crippen LogP contribution is 2.37. The largest absolute Gasteiger partial charge is 0.325 e. The molecular formula is C12H15ClFN. The summed E-state index contributed by atoms with van der Waals surface area (Å²) in [5, 5.41) is 0.516. The van der Waals surface area contributed by atoms with Gasteiger partial charge in [-0.25, -0.2) is 4.39 Å². The minimum absolute atomic E-state index is 0.0421. The van der Waals surface area contributed by atoms with Crippen molar-refractivity contribution in [3.8, 4) is 0 Å².